The molecule has 2 aromatic carbocycles. The molecule has 0 radical (unpaired) electrons. The number of carbonyl (C=O) groups excluding carboxylic acids is 1. The van der Waals surface area contributed by atoms with Crippen LogP contribution < -0.4 is 5.73 Å². The van der Waals surface area contributed by atoms with E-state index in [4.69, 9.17) is 5.73 Å². The first-order valence-corrected chi connectivity index (χ1v) is 7.45. The largest absolute Gasteiger partial charge is 0.361 e. The Hall–Kier alpha value is -2.75. The van der Waals surface area contributed by atoms with Crippen molar-refractivity contribution in [1.29, 1.82) is 0 Å². The van der Waals surface area contributed by atoms with Gasteiger partial charge < -0.3 is 15.6 Å². The van der Waals surface area contributed by atoms with Crippen LogP contribution >= 0.6 is 0 Å². The van der Waals surface area contributed by atoms with Crippen LogP contribution in [0, 0.1) is 0 Å². The summed E-state index contributed by atoms with van der Waals surface area (Å²) in [4.78, 5) is 16.9. The van der Waals surface area contributed by atoms with Crippen LogP contribution in [-0.2, 0) is 6.42 Å². The third kappa shape index (κ3) is 1.96. The summed E-state index contributed by atoms with van der Waals surface area (Å²) in [7, 11) is 0. The Balaban J connectivity index is 1.89. The Bertz CT molecular complexity index is 852. The zero-order valence-corrected chi connectivity index (χ0v) is 12.1. The Labute approximate surface area is 128 Å². The van der Waals surface area contributed by atoms with Crippen molar-refractivity contribution in [3.8, 4) is 0 Å². The van der Waals surface area contributed by atoms with Gasteiger partial charge in [-0.3, -0.25) is 0 Å². The van der Waals surface area contributed by atoms with Crippen LogP contribution in [0.1, 0.15) is 22.7 Å². The molecule has 22 heavy (non-hydrogen) atoms. The highest BCUT2D eigenvalue weighted by Crippen LogP contribution is 2.35. The molecule has 0 fully saturated rings. The fourth-order valence-corrected chi connectivity index (χ4v) is 3.40. The minimum Gasteiger partial charge on any atom is -0.361 e. The normalized spacial score (nSPS) is 17.5. The smallest absolute Gasteiger partial charge is 0.315 e. The number of aromatic amines is 1. The molecule has 0 saturated carbocycles. The molecular formula is C18H17N3O. The lowest BCUT2D eigenvalue weighted by molar-refractivity contribution is 0.190. The van der Waals surface area contributed by atoms with Crippen LogP contribution in [0.3, 0.4) is 0 Å². The van der Waals surface area contributed by atoms with Crippen LogP contribution in [0.4, 0.5) is 4.79 Å². The van der Waals surface area contributed by atoms with Crippen molar-refractivity contribution in [3.05, 3.63) is 71.4 Å². The van der Waals surface area contributed by atoms with Crippen molar-refractivity contribution < 1.29 is 4.79 Å². The summed E-state index contributed by atoms with van der Waals surface area (Å²) in [6.45, 7) is 0.653. The topological polar surface area (TPSA) is 62.1 Å². The summed E-state index contributed by atoms with van der Waals surface area (Å²) in [5, 5.41) is 1.17. The number of hydrogen-bond acceptors (Lipinski definition) is 1. The molecule has 1 unspecified atom stereocenters. The zero-order valence-electron chi connectivity index (χ0n) is 12.1. The molecule has 3 aromatic rings. The Morgan fingerprint density at radius 1 is 1.18 bits per heavy atom. The second-order valence-corrected chi connectivity index (χ2v) is 5.71. The van der Waals surface area contributed by atoms with Crippen molar-refractivity contribution in [3.63, 3.8) is 0 Å². The lowest BCUT2D eigenvalue weighted by atomic mass is 9.88. The first kappa shape index (κ1) is 13.0. The number of primary amides is 1. The van der Waals surface area contributed by atoms with Gasteiger partial charge in [0.2, 0.25) is 0 Å². The molecule has 2 heterocycles. The molecule has 4 heteroatoms. The van der Waals surface area contributed by atoms with Gasteiger partial charge in [-0.2, -0.15) is 0 Å². The SMILES string of the molecule is NC(=O)N1CCc2ccccc2C1c1ccc2cc[nH]c2c1. The second kappa shape index (κ2) is 4.91. The maximum Gasteiger partial charge on any atom is 0.315 e. The number of H-pyrrole nitrogens is 1. The summed E-state index contributed by atoms with van der Waals surface area (Å²) < 4.78 is 0. The van der Waals surface area contributed by atoms with Gasteiger partial charge >= 0.3 is 6.03 Å². The van der Waals surface area contributed by atoms with Gasteiger partial charge in [0.25, 0.3) is 0 Å². The fraction of sp³-hybridized carbons (Fsp3) is 0.167. The van der Waals surface area contributed by atoms with Crippen molar-refractivity contribution in [2.45, 2.75) is 12.5 Å². The van der Waals surface area contributed by atoms with Crippen LogP contribution in [0.2, 0.25) is 0 Å². The average Bonchev–Trinajstić information content (AvgIpc) is 3.01. The average molecular weight is 291 g/mol. The minimum atomic E-state index is -0.369. The molecule has 0 saturated heterocycles. The minimum absolute atomic E-state index is 0.116. The Morgan fingerprint density at radius 2 is 2.05 bits per heavy atom. The predicted octanol–water partition coefficient (Wildman–Crippen LogP) is 3.19. The van der Waals surface area contributed by atoms with E-state index in [1.807, 2.05) is 24.4 Å². The van der Waals surface area contributed by atoms with Crippen molar-refractivity contribution in [2.75, 3.05) is 6.54 Å². The maximum atomic E-state index is 11.9. The van der Waals surface area contributed by atoms with Crippen LogP contribution in [0.15, 0.2) is 54.7 Å². The number of nitrogens with two attached hydrogens (primary N) is 1. The highest BCUT2D eigenvalue weighted by molar-refractivity contribution is 5.81. The molecule has 1 aliphatic heterocycles. The number of fused-ring (bicyclic) bond motifs is 2. The first-order chi connectivity index (χ1) is 10.7. The van der Waals surface area contributed by atoms with E-state index in [1.165, 1.54) is 16.5 Å². The number of benzene rings is 2. The number of nitrogens with zero attached hydrogens (tertiary/aromatic N) is 1. The second-order valence-electron chi connectivity index (χ2n) is 5.71. The van der Waals surface area contributed by atoms with Gasteiger partial charge in [0.1, 0.15) is 0 Å². The highest BCUT2D eigenvalue weighted by atomic mass is 16.2. The van der Waals surface area contributed by atoms with Crippen LogP contribution in [-0.4, -0.2) is 22.5 Å². The molecular weight excluding hydrogens is 274 g/mol. The lowest BCUT2D eigenvalue weighted by Crippen LogP contribution is -2.43. The van der Waals surface area contributed by atoms with Gasteiger partial charge in [0.05, 0.1) is 6.04 Å². The molecule has 1 atom stereocenters. The van der Waals surface area contributed by atoms with E-state index >= 15 is 0 Å². The molecule has 3 N–H and O–H groups in total. The summed E-state index contributed by atoms with van der Waals surface area (Å²) in [6, 6.07) is 16.1. The molecule has 0 bridgehead atoms. The molecule has 4 nitrogen and oxygen atoms in total. The van der Waals surface area contributed by atoms with Gasteiger partial charge in [0, 0.05) is 18.3 Å². The first-order valence-electron chi connectivity index (χ1n) is 7.45. The molecule has 0 aliphatic carbocycles. The monoisotopic (exact) mass is 291 g/mol. The summed E-state index contributed by atoms with van der Waals surface area (Å²) >= 11 is 0. The molecule has 1 aromatic heterocycles. The third-order valence-corrected chi connectivity index (χ3v) is 4.46. The van der Waals surface area contributed by atoms with E-state index in [-0.39, 0.29) is 12.1 Å². The molecule has 110 valence electrons. The summed E-state index contributed by atoms with van der Waals surface area (Å²) in [5.41, 5.74) is 10.2. The van der Waals surface area contributed by atoms with Crippen LogP contribution in [0.5, 0.6) is 0 Å². The van der Waals surface area contributed by atoms with Crippen LogP contribution in [0.25, 0.3) is 10.9 Å². The molecule has 2 amide bonds. The van der Waals surface area contributed by atoms with Gasteiger partial charge in [-0.05, 0) is 40.6 Å². The number of aromatic nitrogens is 1. The van der Waals surface area contributed by atoms with E-state index in [0.717, 1.165) is 17.5 Å². The van der Waals surface area contributed by atoms with Crippen molar-refractivity contribution >= 4 is 16.9 Å². The molecule has 0 spiro atoms. The van der Waals surface area contributed by atoms with Gasteiger partial charge in [-0.25, -0.2) is 4.79 Å². The van der Waals surface area contributed by atoms with E-state index in [9.17, 15) is 4.79 Å². The standard InChI is InChI=1S/C18H17N3O/c19-18(22)21-10-8-12-3-1-2-4-15(12)17(21)14-6-5-13-7-9-20-16(13)11-14/h1-7,9,11,17,20H,8,10H2,(H2,19,22). The van der Waals surface area contributed by atoms with Crippen molar-refractivity contribution in [2.24, 2.45) is 5.73 Å². The third-order valence-electron chi connectivity index (χ3n) is 4.46. The van der Waals surface area contributed by atoms with Gasteiger partial charge in [-0.1, -0.05) is 36.4 Å². The fourth-order valence-electron chi connectivity index (χ4n) is 3.40. The van der Waals surface area contributed by atoms with E-state index in [0.29, 0.717) is 6.54 Å². The Kier molecular flexibility index (Phi) is 2.89. The number of urea groups is 1. The molecule has 4 rings (SSSR count). The number of rotatable bonds is 1. The summed E-state index contributed by atoms with van der Waals surface area (Å²) in [6.07, 6.45) is 2.77. The Morgan fingerprint density at radius 3 is 2.91 bits per heavy atom. The number of hydrogen-bond donors (Lipinski definition) is 2. The van der Waals surface area contributed by atoms with Gasteiger partial charge in [-0.15, -0.1) is 0 Å². The van der Waals surface area contributed by atoms with E-state index < -0.39 is 0 Å². The number of amides is 2. The van der Waals surface area contributed by atoms with Gasteiger partial charge in [0.15, 0.2) is 0 Å². The predicted molar refractivity (Wildman–Crippen MR) is 86.6 cm³/mol. The van der Waals surface area contributed by atoms with E-state index in [2.05, 4.69) is 35.3 Å². The number of nitrogens with one attached hydrogen (secondary N) is 1. The van der Waals surface area contributed by atoms with Crippen molar-refractivity contribution in [1.82, 2.24) is 9.88 Å². The highest BCUT2D eigenvalue weighted by Gasteiger charge is 2.30. The maximum absolute atomic E-state index is 11.9. The zero-order chi connectivity index (χ0) is 15.1. The molecule has 1 aliphatic rings. The quantitative estimate of drug-likeness (QED) is 0.710. The van der Waals surface area contributed by atoms with E-state index in [1.54, 1.807) is 4.90 Å². The summed E-state index contributed by atoms with van der Waals surface area (Å²) in [5.74, 6) is 0. The lowest BCUT2D eigenvalue weighted by Gasteiger charge is -2.36. The number of carbonyl (C=O) groups is 1.